The summed E-state index contributed by atoms with van der Waals surface area (Å²) in [4.78, 5) is 31.4. The van der Waals surface area contributed by atoms with Crippen LogP contribution in [0.25, 0.3) is 22.2 Å². The van der Waals surface area contributed by atoms with Crippen LogP contribution in [0.15, 0.2) is 83.7 Å². The van der Waals surface area contributed by atoms with E-state index in [-0.39, 0.29) is 17.8 Å². The van der Waals surface area contributed by atoms with Crippen LogP contribution in [0, 0.1) is 0 Å². The first kappa shape index (κ1) is 26.4. The second-order valence-electron chi connectivity index (χ2n) is 11.1. The molecule has 7 nitrogen and oxygen atoms in total. The summed E-state index contributed by atoms with van der Waals surface area (Å²) in [6.45, 7) is 5.38. The van der Waals surface area contributed by atoms with Gasteiger partial charge in [-0.3, -0.25) is 9.13 Å². The first-order valence-electron chi connectivity index (χ1n) is 14.8. The zero-order valence-corrected chi connectivity index (χ0v) is 23.2. The molecule has 0 unspecified atom stereocenters. The third-order valence-electron chi connectivity index (χ3n) is 8.54. The topological polar surface area (TPSA) is 62.5 Å². The highest BCUT2D eigenvalue weighted by Crippen LogP contribution is 2.29. The van der Waals surface area contributed by atoms with Crippen molar-refractivity contribution in [3.63, 3.8) is 0 Å². The maximum absolute atomic E-state index is 13.7. The fourth-order valence-electron chi connectivity index (χ4n) is 6.42. The number of hydrogen-bond donors (Lipinski definition) is 1. The molecule has 1 aromatic heterocycles. The molecule has 2 amide bonds. The summed E-state index contributed by atoms with van der Waals surface area (Å²) in [6.07, 6.45) is 6.41. The van der Waals surface area contributed by atoms with Gasteiger partial charge in [-0.15, -0.1) is 0 Å². The molecule has 0 radical (unpaired) electrons. The number of likely N-dealkylation sites (tertiary alicyclic amines) is 2. The quantitative estimate of drug-likeness (QED) is 0.305. The van der Waals surface area contributed by atoms with Crippen LogP contribution in [-0.4, -0.2) is 57.7 Å². The van der Waals surface area contributed by atoms with E-state index in [1.165, 1.54) is 32.4 Å². The van der Waals surface area contributed by atoms with Crippen LogP contribution in [-0.2, 0) is 6.54 Å². The molecule has 2 saturated heterocycles. The van der Waals surface area contributed by atoms with Crippen LogP contribution >= 0.6 is 0 Å². The van der Waals surface area contributed by atoms with Gasteiger partial charge in [0.15, 0.2) is 0 Å². The number of imidazole rings is 1. The second-order valence-corrected chi connectivity index (χ2v) is 11.1. The molecule has 0 spiro atoms. The minimum Gasteiger partial charge on any atom is -0.324 e. The second kappa shape index (κ2) is 12.1. The Morgan fingerprint density at radius 2 is 1.43 bits per heavy atom. The number of urea groups is 1. The van der Waals surface area contributed by atoms with E-state index in [1.54, 1.807) is 0 Å². The van der Waals surface area contributed by atoms with Crippen LogP contribution in [0.5, 0.6) is 0 Å². The number of carbonyl (C=O) groups excluding carboxylic acids is 1. The number of aryl methyl sites for hydroxylation is 1. The smallest absolute Gasteiger partial charge is 0.324 e. The first-order valence-corrected chi connectivity index (χ1v) is 14.8. The number of aromatic nitrogens is 2. The third-order valence-corrected chi connectivity index (χ3v) is 8.54. The summed E-state index contributed by atoms with van der Waals surface area (Å²) >= 11 is 0. The molecule has 40 heavy (non-hydrogen) atoms. The predicted molar refractivity (Wildman–Crippen MR) is 162 cm³/mol. The summed E-state index contributed by atoms with van der Waals surface area (Å²) < 4.78 is 3.97. The lowest BCUT2D eigenvalue weighted by Gasteiger charge is -2.32. The molecule has 4 aromatic rings. The lowest BCUT2D eigenvalue weighted by Crippen LogP contribution is -2.43. The number of carbonyl (C=O) groups is 1. The van der Waals surface area contributed by atoms with E-state index in [1.807, 2.05) is 68.6 Å². The van der Waals surface area contributed by atoms with E-state index >= 15 is 0 Å². The van der Waals surface area contributed by atoms with Gasteiger partial charge in [0.05, 0.1) is 16.7 Å². The number of nitrogens with one attached hydrogen (secondary N) is 1. The van der Waals surface area contributed by atoms with Crippen molar-refractivity contribution in [1.82, 2.24) is 18.9 Å². The lowest BCUT2D eigenvalue weighted by molar-refractivity contribution is 0.183. The van der Waals surface area contributed by atoms with Gasteiger partial charge in [-0.2, -0.15) is 0 Å². The highest BCUT2D eigenvalue weighted by molar-refractivity contribution is 5.94. The zero-order chi connectivity index (χ0) is 27.3. The molecule has 208 valence electrons. The number of rotatable bonds is 7. The highest BCUT2D eigenvalue weighted by Gasteiger charge is 2.27. The average molecular weight is 538 g/mol. The standard InChI is InChI=1S/C33H39N5O2/c39-32(34-29-15-6-5-14-28(29)26-12-3-1-4-13-26)36-24-18-27(19-25-36)38-31-17-8-7-16-30(31)37(33(38)40)23-11-22-35-20-9-2-10-21-35/h1,3-8,12-17,27H,2,9-11,18-25H2,(H,34,39). The molecule has 6 rings (SSSR count). The van der Waals surface area contributed by atoms with Crippen LogP contribution in [0.3, 0.4) is 0 Å². The van der Waals surface area contributed by atoms with Crippen molar-refractivity contribution >= 4 is 22.8 Å². The van der Waals surface area contributed by atoms with E-state index in [0.29, 0.717) is 13.1 Å². The Balaban J connectivity index is 1.13. The fraction of sp³-hybridized carbons (Fsp3) is 0.394. The predicted octanol–water partition coefficient (Wildman–Crippen LogP) is 6.22. The summed E-state index contributed by atoms with van der Waals surface area (Å²) in [5, 5.41) is 3.14. The van der Waals surface area contributed by atoms with Crippen molar-refractivity contribution in [2.45, 2.75) is 51.1 Å². The molecule has 1 N–H and O–H groups in total. The number of anilines is 1. The Bertz CT molecular complexity index is 1490. The average Bonchev–Trinajstić information content (AvgIpc) is 3.29. The van der Waals surface area contributed by atoms with Gasteiger partial charge in [0, 0.05) is 31.2 Å². The largest absolute Gasteiger partial charge is 0.329 e. The van der Waals surface area contributed by atoms with E-state index in [0.717, 1.165) is 60.2 Å². The Morgan fingerprint density at radius 1 is 0.750 bits per heavy atom. The van der Waals surface area contributed by atoms with Crippen molar-refractivity contribution in [1.29, 1.82) is 0 Å². The molecule has 0 atom stereocenters. The van der Waals surface area contributed by atoms with E-state index in [4.69, 9.17) is 0 Å². The first-order chi connectivity index (χ1) is 19.7. The number of hydrogen-bond acceptors (Lipinski definition) is 3. The molecule has 3 aromatic carbocycles. The number of piperidine rings is 2. The van der Waals surface area contributed by atoms with Gasteiger partial charge in [0.1, 0.15) is 0 Å². The number of amides is 2. The molecular weight excluding hydrogens is 498 g/mol. The monoisotopic (exact) mass is 537 g/mol. The van der Waals surface area contributed by atoms with Gasteiger partial charge in [-0.25, -0.2) is 9.59 Å². The Morgan fingerprint density at radius 3 is 2.20 bits per heavy atom. The number of fused-ring (bicyclic) bond motifs is 1. The van der Waals surface area contributed by atoms with E-state index in [9.17, 15) is 9.59 Å². The van der Waals surface area contributed by atoms with Crippen molar-refractivity contribution in [3.05, 3.63) is 89.3 Å². The summed E-state index contributed by atoms with van der Waals surface area (Å²) in [5.74, 6) is 0. The van der Waals surface area contributed by atoms with Gasteiger partial charge >= 0.3 is 11.7 Å². The minimum atomic E-state index is -0.0886. The van der Waals surface area contributed by atoms with Crippen LogP contribution in [0.2, 0.25) is 0 Å². The minimum absolute atomic E-state index is 0.0829. The van der Waals surface area contributed by atoms with Crippen molar-refractivity contribution in [2.24, 2.45) is 0 Å². The zero-order valence-electron chi connectivity index (χ0n) is 23.2. The molecule has 3 heterocycles. The summed E-state index contributed by atoms with van der Waals surface area (Å²) in [5.41, 5.74) is 4.99. The molecular formula is C33H39N5O2. The van der Waals surface area contributed by atoms with Crippen molar-refractivity contribution in [2.75, 3.05) is 38.0 Å². The Hall–Kier alpha value is -3.84. The Labute approximate surface area is 236 Å². The molecule has 2 fully saturated rings. The van der Waals surface area contributed by atoms with Crippen LogP contribution in [0.4, 0.5) is 10.5 Å². The molecule has 0 saturated carbocycles. The normalized spacial score (nSPS) is 16.9. The highest BCUT2D eigenvalue weighted by atomic mass is 16.2. The molecule has 2 aliphatic heterocycles. The van der Waals surface area contributed by atoms with Crippen LogP contribution < -0.4 is 11.0 Å². The summed E-state index contributed by atoms with van der Waals surface area (Å²) in [6, 6.07) is 26.2. The van der Waals surface area contributed by atoms with E-state index < -0.39 is 0 Å². The molecule has 0 aliphatic carbocycles. The number of para-hydroxylation sites is 3. The molecule has 0 bridgehead atoms. The maximum Gasteiger partial charge on any atom is 0.329 e. The third kappa shape index (κ3) is 5.56. The van der Waals surface area contributed by atoms with Gasteiger partial charge in [0.25, 0.3) is 0 Å². The lowest BCUT2D eigenvalue weighted by atomic mass is 10.0. The van der Waals surface area contributed by atoms with Crippen molar-refractivity contribution < 1.29 is 4.79 Å². The molecule has 7 heteroatoms. The SMILES string of the molecule is O=C(Nc1ccccc1-c1ccccc1)N1CCC(n2c(=O)n(CCCN3CCCCC3)c3ccccc32)CC1. The summed E-state index contributed by atoms with van der Waals surface area (Å²) in [7, 11) is 0. The Kier molecular flexibility index (Phi) is 8.00. The van der Waals surface area contributed by atoms with Crippen LogP contribution in [0.1, 0.15) is 44.6 Å². The number of nitrogens with zero attached hydrogens (tertiary/aromatic N) is 4. The number of benzene rings is 3. The van der Waals surface area contributed by atoms with Gasteiger partial charge in [-0.05, 0) is 75.5 Å². The van der Waals surface area contributed by atoms with Gasteiger partial charge in [-0.1, -0.05) is 67.1 Å². The van der Waals surface area contributed by atoms with Gasteiger partial charge < -0.3 is 15.1 Å². The maximum atomic E-state index is 13.7. The van der Waals surface area contributed by atoms with Gasteiger partial charge in [0.2, 0.25) is 0 Å². The molecule has 2 aliphatic rings. The van der Waals surface area contributed by atoms with Crippen molar-refractivity contribution in [3.8, 4) is 11.1 Å². The van der Waals surface area contributed by atoms with E-state index in [2.05, 4.69) is 34.5 Å². The fourth-order valence-corrected chi connectivity index (χ4v) is 6.42.